The van der Waals surface area contributed by atoms with Crippen molar-refractivity contribution in [2.24, 2.45) is 0 Å². The molecule has 2 aliphatic carbocycles. The Morgan fingerprint density at radius 2 is 1.80 bits per heavy atom. The Kier molecular flexibility index (Phi) is 4.06. The van der Waals surface area contributed by atoms with E-state index in [2.05, 4.69) is 5.32 Å². The SMILES string of the molecule is N=CC1(NC2CCC(Oc3ccccc3)CC2)CCC1. The van der Waals surface area contributed by atoms with Crippen LogP contribution < -0.4 is 10.1 Å². The molecular formula is C17H24N2O. The maximum Gasteiger partial charge on any atom is 0.119 e. The molecule has 2 saturated carbocycles. The lowest BCUT2D eigenvalue weighted by atomic mass is 9.76. The summed E-state index contributed by atoms with van der Waals surface area (Å²) in [5, 5.41) is 11.3. The van der Waals surface area contributed by atoms with E-state index in [9.17, 15) is 0 Å². The third-order valence-corrected chi connectivity index (χ3v) is 4.73. The normalized spacial score (nSPS) is 28.4. The summed E-state index contributed by atoms with van der Waals surface area (Å²) in [5.41, 5.74) is 0.0256. The van der Waals surface area contributed by atoms with Crippen LogP contribution in [0.3, 0.4) is 0 Å². The van der Waals surface area contributed by atoms with Crippen molar-refractivity contribution in [2.45, 2.75) is 62.6 Å². The predicted molar refractivity (Wildman–Crippen MR) is 81.6 cm³/mol. The van der Waals surface area contributed by atoms with Gasteiger partial charge in [-0.1, -0.05) is 18.2 Å². The maximum absolute atomic E-state index is 7.60. The van der Waals surface area contributed by atoms with Crippen LogP contribution >= 0.6 is 0 Å². The third kappa shape index (κ3) is 3.04. The number of nitrogens with one attached hydrogen (secondary N) is 2. The minimum atomic E-state index is 0.0256. The Morgan fingerprint density at radius 1 is 1.10 bits per heavy atom. The summed E-state index contributed by atoms with van der Waals surface area (Å²) in [6.07, 6.45) is 10.1. The largest absolute Gasteiger partial charge is 0.490 e. The molecule has 0 spiro atoms. The summed E-state index contributed by atoms with van der Waals surface area (Å²) in [5.74, 6) is 0.985. The van der Waals surface area contributed by atoms with Crippen LogP contribution in [-0.2, 0) is 0 Å². The Hall–Kier alpha value is -1.35. The van der Waals surface area contributed by atoms with E-state index in [-0.39, 0.29) is 5.54 Å². The second-order valence-corrected chi connectivity index (χ2v) is 6.20. The summed E-state index contributed by atoms with van der Waals surface area (Å²) in [4.78, 5) is 0. The van der Waals surface area contributed by atoms with E-state index in [1.807, 2.05) is 30.3 Å². The minimum absolute atomic E-state index is 0.0256. The van der Waals surface area contributed by atoms with E-state index >= 15 is 0 Å². The van der Waals surface area contributed by atoms with E-state index in [0.29, 0.717) is 12.1 Å². The molecule has 0 aromatic heterocycles. The zero-order valence-electron chi connectivity index (χ0n) is 12.0. The van der Waals surface area contributed by atoms with Crippen molar-refractivity contribution < 1.29 is 4.74 Å². The minimum Gasteiger partial charge on any atom is -0.490 e. The molecule has 3 heteroatoms. The molecule has 0 radical (unpaired) electrons. The van der Waals surface area contributed by atoms with E-state index in [0.717, 1.165) is 44.3 Å². The highest BCUT2D eigenvalue weighted by molar-refractivity contribution is 5.68. The first-order valence-corrected chi connectivity index (χ1v) is 7.81. The molecule has 0 unspecified atom stereocenters. The molecule has 0 heterocycles. The van der Waals surface area contributed by atoms with Crippen LogP contribution in [0.15, 0.2) is 30.3 Å². The Labute approximate surface area is 121 Å². The number of hydrogen-bond donors (Lipinski definition) is 2. The summed E-state index contributed by atoms with van der Waals surface area (Å²) >= 11 is 0. The Bertz CT molecular complexity index is 434. The number of ether oxygens (including phenoxy) is 1. The average molecular weight is 272 g/mol. The fourth-order valence-corrected chi connectivity index (χ4v) is 3.31. The van der Waals surface area contributed by atoms with E-state index in [1.165, 1.54) is 6.42 Å². The van der Waals surface area contributed by atoms with Gasteiger partial charge in [0.05, 0.1) is 11.6 Å². The molecule has 0 amide bonds. The standard InChI is InChI=1S/C17H24N2O/c18-13-17(11-4-12-17)19-14-7-9-16(10-8-14)20-15-5-2-1-3-6-15/h1-3,5-6,13-14,16,18-19H,4,7-12H2. The van der Waals surface area contributed by atoms with Gasteiger partial charge in [-0.05, 0) is 57.1 Å². The molecule has 0 saturated heterocycles. The number of hydrogen-bond acceptors (Lipinski definition) is 3. The zero-order valence-corrected chi connectivity index (χ0v) is 12.0. The zero-order chi connectivity index (χ0) is 13.8. The number of para-hydroxylation sites is 1. The highest BCUT2D eigenvalue weighted by Crippen LogP contribution is 2.33. The van der Waals surface area contributed by atoms with Gasteiger partial charge in [-0.3, -0.25) is 0 Å². The van der Waals surface area contributed by atoms with Crippen LogP contribution in [0.2, 0.25) is 0 Å². The van der Waals surface area contributed by atoms with Crippen LogP contribution in [0.5, 0.6) is 5.75 Å². The van der Waals surface area contributed by atoms with Crippen molar-refractivity contribution in [3.8, 4) is 5.75 Å². The molecule has 3 rings (SSSR count). The van der Waals surface area contributed by atoms with Gasteiger partial charge in [0.25, 0.3) is 0 Å². The van der Waals surface area contributed by atoms with Crippen molar-refractivity contribution >= 4 is 6.21 Å². The molecule has 2 fully saturated rings. The molecule has 0 aliphatic heterocycles. The summed E-state index contributed by atoms with van der Waals surface area (Å²) < 4.78 is 6.03. The highest BCUT2D eigenvalue weighted by Gasteiger charge is 2.37. The monoisotopic (exact) mass is 272 g/mol. The Balaban J connectivity index is 1.46. The van der Waals surface area contributed by atoms with Crippen LogP contribution in [0.4, 0.5) is 0 Å². The van der Waals surface area contributed by atoms with Crippen LogP contribution in [0, 0.1) is 5.41 Å². The lowest BCUT2D eigenvalue weighted by Gasteiger charge is -2.43. The van der Waals surface area contributed by atoms with Gasteiger partial charge in [-0.2, -0.15) is 0 Å². The van der Waals surface area contributed by atoms with Gasteiger partial charge >= 0.3 is 0 Å². The topological polar surface area (TPSA) is 45.1 Å². The first kappa shape index (κ1) is 13.6. The lowest BCUT2D eigenvalue weighted by molar-refractivity contribution is 0.124. The first-order chi connectivity index (χ1) is 9.80. The smallest absolute Gasteiger partial charge is 0.119 e. The summed E-state index contributed by atoms with van der Waals surface area (Å²) in [6.45, 7) is 0. The van der Waals surface area contributed by atoms with Crippen LogP contribution in [0.1, 0.15) is 44.9 Å². The molecule has 0 atom stereocenters. The highest BCUT2D eigenvalue weighted by atomic mass is 16.5. The molecule has 108 valence electrons. The summed E-state index contributed by atoms with van der Waals surface area (Å²) in [6, 6.07) is 10.7. The van der Waals surface area contributed by atoms with Gasteiger partial charge in [0.2, 0.25) is 0 Å². The second kappa shape index (κ2) is 5.96. The first-order valence-electron chi connectivity index (χ1n) is 7.81. The quantitative estimate of drug-likeness (QED) is 0.805. The van der Waals surface area contributed by atoms with Crippen LogP contribution in [-0.4, -0.2) is 23.9 Å². The van der Waals surface area contributed by atoms with Crippen molar-refractivity contribution in [3.63, 3.8) is 0 Å². The molecule has 2 aliphatic rings. The molecular weight excluding hydrogens is 248 g/mol. The van der Waals surface area contributed by atoms with Crippen LogP contribution in [0.25, 0.3) is 0 Å². The van der Waals surface area contributed by atoms with Gasteiger partial charge < -0.3 is 15.5 Å². The predicted octanol–water partition coefficient (Wildman–Crippen LogP) is 3.54. The van der Waals surface area contributed by atoms with E-state index in [4.69, 9.17) is 10.1 Å². The van der Waals surface area contributed by atoms with Gasteiger partial charge in [-0.15, -0.1) is 0 Å². The second-order valence-electron chi connectivity index (χ2n) is 6.20. The van der Waals surface area contributed by atoms with Gasteiger partial charge in [-0.25, -0.2) is 0 Å². The molecule has 3 nitrogen and oxygen atoms in total. The molecule has 2 N–H and O–H groups in total. The molecule has 1 aromatic carbocycles. The van der Waals surface area contributed by atoms with Gasteiger partial charge in [0, 0.05) is 12.3 Å². The third-order valence-electron chi connectivity index (χ3n) is 4.73. The van der Waals surface area contributed by atoms with Crippen molar-refractivity contribution in [3.05, 3.63) is 30.3 Å². The van der Waals surface area contributed by atoms with Crippen molar-refractivity contribution in [2.75, 3.05) is 0 Å². The molecule has 0 bridgehead atoms. The number of rotatable bonds is 5. The van der Waals surface area contributed by atoms with Crippen molar-refractivity contribution in [1.82, 2.24) is 5.32 Å². The summed E-state index contributed by atoms with van der Waals surface area (Å²) in [7, 11) is 0. The lowest BCUT2D eigenvalue weighted by Crippen LogP contribution is -2.57. The molecule has 20 heavy (non-hydrogen) atoms. The fraction of sp³-hybridized carbons (Fsp3) is 0.588. The molecule has 1 aromatic rings. The number of benzene rings is 1. The van der Waals surface area contributed by atoms with Gasteiger partial charge in [0.1, 0.15) is 5.75 Å². The van der Waals surface area contributed by atoms with E-state index < -0.39 is 0 Å². The average Bonchev–Trinajstić information content (AvgIpc) is 2.46. The maximum atomic E-state index is 7.60. The fourth-order valence-electron chi connectivity index (χ4n) is 3.31. The van der Waals surface area contributed by atoms with E-state index in [1.54, 1.807) is 6.21 Å². The van der Waals surface area contributed by atoms with Crippen molar-refractivity contribution in [1.29, 1.82) is 5.41 Å². The van der Waals surface area contributed by atoms with Gasteiger partial charge in [0.15, 0.2) is 0 Å². The Morgan fingerprint density at radius 3 is 2.35 bits per heavy atom.